The van der Waals surface area contributed by atoms with Gasteiger partial charge in [0.2, 0.25) is 5.91 Å². The highest BCUT2D eigenvalue weighted by Gasteiger charge is 2.32. The second kappa shape index (κ2) is 7.28. The Balaban J connectivity index is 1.70. The van der Waals surface area contributed by atoms with Crippen LogP contribution in [0.3, 0.4) is 0 Å². The van der Waals surface area contributed by atoms with E-state index >= 15 is 0 Å². The monoisotopic (exact) mass is 338 g/mol. The summed E-state index contributed by atoms with van der Waals surface area (Å²) in [4.78, 5) is 12.9. The molecule has 4 nitrogen and oxygen atoms in total. The zero-order valence-corrected chi connectivity index (χ0v) is 15.1. The average molecular weight is 338 g/mol. The third kappa shape index (κ3) is 4.20. The summed E-state index contributed by atoms with van der Waals surface area (Å²) >= 11 is 0. The molecule has 0 unspecified atom stereocenters. The highest BCUT2D eigenvalue weighted by atomic mass is 16.5. The molecular weight excluding hydrogens is 312 g/mol. The van der Waals surface area contributed by atoms with Crippen LogP contribution in [-0.4, -0.2) is 24.5 Å². The first-order valence-corrected chi connectivity index (χ1v) is 8.84. The summed E-state index contributed by atoms with van der Waals surface area (Å²) < 4.78 is 5.95. The van der Waals surface area contributed by atoms with Gasteiger partial charge in [-0.1, -0.05) is 36.4 Å². The van der Waals surface area contributed by atoms with Gasteiger partial charge in [0.25, 0.3) is 0 Å². The molecule has 1 aliphatic rings. The topological polar surface area (TPSA) is 50.4 Å². The molecule has 0 bridgehead atoms. The molecule has 1 amide bonds. The molecule has 0 radical (unpaired) electrons. The molecule has 4 heteroatoms. The van der Waals surface area contributed by atoms with Crippen molar-refractivity contribution in [2.75, 3.05) is 13.1 Å². The van der Waals surface area contributed by atoms with E-state index in [0.29, 0.717) is 6.54 Å². The number of fused-ring (bicyclic) bond motifs is 2. The fourth-order valence-electron chi connectivity index (χ4n) is 3.06. The van der Waals surface area contributed by atoms with Gasteiger partial charge in [0.15, 0.2) is 0 Å². The van der Waals surface area contributed by atoms with E-state index < -0.39 is 0 Å². The molecular formula is C21H26N2O2. The van der Waals surface area contributed by atoms with Gasteiger partial charge in [0, 0.05) is 23.2 Å². The van der Waals surface area contributed by atoms with E-state index in [1.807, 2.05) is 48.5 Å². The first kappa shape index (κ1) is 17.5. The Morgan fingerprint density at radius 2 is 1.52 bits per heavy atom. The van der Waals surface area contributed by atoms with Crippen LogP contribution in [0.15, 0.2) is 48.5 Å². The second-order valence-corrected chi connectivity index (χ2v) is 7.43. The highest BCUT2D eigenvalue weighted by molar-refractivity contribution is 5.89. The number of amides is 1. The maximum Gasteiger partial charge on any atom is 0.232 e. The Morgan fingerprint density at radius 3 is 2.08 bits per heavy atom. The third-order valence-corrected chi connectivity index (χ3v) is 4.25. The molecule has 2 aromatic rings. The average Bonchev–Trinajstić information content (AvgIpc) is 2.58. The van der Waals surface area contributed by atoms with Crippen molar-refractivity contribution < 1.29 is 9.53 Å². The summed E-state index contributed by atoms with van der Waals surface area (Å²) in [6.07, 6.45) is 0.898. The number of benzene rings is 2. The molecule has 0 saturated heterocycles. The summed E-state index contributed by atoms with van der Waals surface area (Å²) in [6, 6.07) is 15.5. The third-order valence-electron chi connectivity index (χ3n) is 4.25. The van der Waals surface area contributed by atoms with E-state index in [2.05, 4.69) is 31.4 Å². The summed E-state index contributed by atoms with van der Waals surface area (Å²) in [5.74, 6) is 1.22. The van der Waals surface area contributed by atoms with Gasteiger partial charge in [-0.15, -0.1) is 0 Å². The predicted molar refractivity (Wildman–Crippen MR) is 100 cm³/mol. The second-order valence-electron chi connectivity index (χ2n) is 7.43. The summed E-state index contributed by atoms with van der Waals surface area (Å²) in [5.41, 5.74) is 1.95. The maximum atomic E-state index is 12.9. The zero-order chi connectivity index (χ0) is 17.9. The normalized spacial score (nSPS) is 13.6. The van der Waals surface area contributed by atoms with Crippen molar-refractivity contribution in [1.82, 2.24) is 10.6 Å². The van der Waals surface area contributed by atoms with Crippen LogP contribution in [0.25, 0.3) is 0 Å². The van der Waals surface area contributed by atoms with Crippen molar-refractivity contribution in [1.29, 1.82) is 0 Å². The quantitative estimate of drug-likeness (QED) is 0.815. The Kier molecular flexibility index (Phi) is 5.09. The lowest BCUT2D eigenvalue weighted by atomic mass is 9.87. The summed E-state index contributed by atoms with van der Waals surface area (Å²) in [7, 11) is 0. The van der Waals surface area contributed by atoms with Crippen LogP contribution in [0.2, 0.25) is 0 Å². The first-order valence-electron chi connectivity index (χ1n) is 8.84. The minimum absolute atomic E-state index is 0.0268. The number of rotatable bonds is 5. The van der Waals surface area contributed by atoms with Gasteiger partial charge in [-0.3, -0.25) is 4.79 Å². The molecule has 0 aliphatic carbocycles. The zero-order valence-electron chi connectivity index (χ0n) is 15.1. The smallest absolute Gasteiger partial charge is 0.232 e. The lowest BCUT2D eigenvalue weighted by molar-refractivity contribution is -0.121. The van der Waals surface area contributed by atoms with Crippen molar-refractivity contribution >= 4 is 5.91 Å². The van der Waals surface area contributed by atoms with Gasteiger partial charge in [0.05, 0.1) is 5.92 Å². The fraction of sp³-hybridized carbons (Fsp3) is 0.381. The molecule has 3 rings (SSSR count). The van der Waals surface area contributed by atoms with E-state index in [0.717, 1.165) is 35.6 Å². The van der Waals surface area contributed by atoms with Gasteiger partial charge >= 0.3 is 0 Å². The molecule has 0 spiro atoms. The minimum atomic E-state index is -0.322. The van der Waals surface area contributed by atoms with Crippen LogP contribution < -0.4 is 15.4 Å². The Labute approximate surface area is 149 Å². The van der Waals surface area contributed by atoms with Crippen LogP contribution in [0.1, 0.15) is 44.2 Å². The number of nitrogens with one attached hydrogen (secondary N) is 2. The number of carbonyl (C=O) groups excluding carboxylic acids is 1. The molecule has 1 heterocycles. The number of hydrogen-bond donors (Lipinski definition) is 2. The molecule has 0 aromatic heterocycles. The van der Waals surface area contributed by atoms with Gasteiger partial charge in [-0.25, -0.2) is 0 Å². The van der Waals surface area contributed by atoms with Crippen LogP contribution in [0.4, 0.5) is 0 Å². The molecule has 1 aliphatic heterocycles. The largest absolute Gasteiger partial charge is 0.457 e. The number of ether oxygens (including phenoxy) is 1. The fourth-order valence-corrected chi connectivity index (χ4v) is 3.06. The SMILES string of the molecule is CC(C)(C)NCCCNC(=O)C1c2ccccc2Oc2ccccc21. The minimum Gasteiger partial charge on any atom is -0.457 e. The highest BCUT2D eigenvalue weighted by Crippen LogP contribution is 2.43. The van der Waals surface area contributed by atoms with Crippen LogP contribution >= 0.6 is 0 Å². The maximum absolute atomic E-state index is 12.9. The van der Waals surface area contributed by atoms with Gasteiger partial charge in [-0.2, -0.15) is 0 Å². The van der Waals surface area contributed by atoms with Gasteiger partial charge in [0.1, 0.15) is 11.5 Å². The van der Waals surface area contributed by atoms with Gasteiger partial charge < -0.3 is 15.4 Å². The number of para-hydroxylation sites is 2. The van der Waals surface area contributed by atoms with Crippen LogP contribution in [-0.2, 0) is 4.79 Å². The Hall–Kier alpha value is -2.33. The first-order chi connectivity index (χ1) is 12.0. The molecule has 132 valence electrons. The van der Waals surface area contributed by atoms with Gasteiger partial charge in [-0.05, 0) is 45.9 Å². The van der Waals surface area contributed by atoms with Crippen LogP contribution in [0, 0.1) is 0 Å². The van der Waals surface area contributed by atoms with E-state index in [1.165, 1.54) is 0 Å². The van der Waals surface area contributed by atoms with Crippen LogP contribution in [0.5, 0.6) is 11.5 Å². The van der Waals surface area contributed by atoms with Crippen molar-refractivity contribution in [3.63, 3.8) is 0 Å². The van der Waals surface area contributed by atoms with Crippen molar-refractivity contribution in [2.24, 2.45) is 0 Å². The van der Waals surface area contributed by atoms with E-state index in [9.17, 15) is 4.79 Å². The predicted octanol–water partition coefficient (Wildman–Crippen LogP) is 3.82. The molecule has 0 atom stereocenters. The molecule has 2 aromatic carbocycles. The van der Waals surface area contributed by atoms with Crippen molar-refractivity contribution in [3.8, 4) is 11.5 Å². The Morgan fingerprint density at radius 1 is 0.960 bits per heavy atom. The lowest BCUT2D eigenvalue weighted by Gasteiger charge is -2.27. The number of hydrogen-bond acceptors (Lipinski definition) is 3. The molecule has 0 saturated carbocycles. The molecule has 25 heavy (non-hydrogen) atoms. The van der Waals surface area contributed by atoms with E-state index in [4.69, 9.17) is 4.74 Å². The number of carbonyl (C=O) groups is 1. The van der Waals surface area contributed by atoms with Crippen molar-refractivity contribution in [2.45, 2.75) is 38.6 Å². The molecule has 0 fully saturated rings. The Bertz CT molecular complexity index is 704. The lowest BCUT2D eigenvalue weighted by Crippen LogP contribution is -2.38. The summed E-state index contributed by atoms with van der Waals surface area (Å²) in [6.45, 7) is 7.96. The van der Waals surface area contributed by atoms with E-state index in [-0.39, 0.29) is 17.4 Å². The molecule has 2 N–H and O–H groups in total. The standard InChI is InChI=1S/C21H26N2O2/c1-21(2,3)23-14-8-13-22-20(24)19-15-9-4-6-11-17(15)25-18-12-7-5-10-16(18)19/h4-7,9-12,19,23H,8,13-14H2,1-3H3,(H,22,24). The van der Waals surface area contributed by atoms with Crippen molar-refractivity contribution in [3.05, 3.63) is 59.7 Å². The summed E-state index contributed by atoms with van der Waals surface area (Å²) in [5, 5.41) is 6.52. The van der Waals surface area contributed by atoms with E-state index in [1.54, 1.807) is 0 Å².